The van der Waals surface area contributed by atoms with Crippen molar-refractivity contribution in [2.24, 2.45) is 5.73 Å². The standard InChI is InChI=1S/C33H42N6O3/c1-33(2,3)26-13-10-25(11-14-26)21-38-23-35-27-20-28(31(41)36-16-7-17-37(19-18-36)32(34)42)39(22-29(27)38)30(40)15-12-24-8-5-4-6-9-24/h4-6,8-11,13-14,23,28H,7,12,15-22H2,1-3H3,(H2,34,42). The monoisotopic (exact) mass is 570 g/mol. The van der Waals surface area contributed by atoms with E-state index in [-0.39, 0.29) is 17.2 Å². The summed E-state index contributed by atoms with van der Waals surface area (Å²) in [4.78, 5) is 49.3. The van der Waals surface area contributed by atoms with Crippen LogP contribution in [0.15, 0.2) is 60.9 Å². The zero-order chi connectivity index (χ0) is 29.9. The van der Waals surface area contributed by atoms with Gasteiger partial charge in [-0.25, -0.2) is 9.78 Å². The summed E-state index contributed by atoms with van der Waals surface area (Å²) in [5, 5.41) is 0. The topological polar surface area (TPSA) is 105 Å². The molecule has 4 amide bonds. The van der Waals surface area contributed by atoms with Gasteiger partial charge >= 0.3 is 6.03 Å². The minimum atomic E-state index is -0.629. The maximum atomic E-state index is 14.0. The number of carbonyl (C=O) groups excluding carboxylic acids is 3. The molecule has 5 rings (SSSR count). The third-order valence-electron chi connectivity index (χ3n) is 8.48. The highest BCUT2D eigenvalue weighted by atomic mass is 16.2. The Balaban J connectivity index is 1.37. The first-order chi connectivity index (χ1) is 20.1. The highest BCUT2D eigenvalue weighted by Gasteiger charge is 2.39. The number of hydrogen-bond acceptors (Lipinski definition) is 4. The number of nitrogens with zero attached hydrogens (tertiary/aromatic N) is 5. The van der Waals surface area contributed by atoms with Crippen LogP contribution >= 0.6 is 0 Å². The van der Waals surface area contributed by atoms with Crippen molar-refractivity contribution in [1.29, 1.82) is 0 Å². The molecule has 3 aromatic rings. The third-order valence-corrected chi connectivity index (χ3v) is 8.48. The number of hydrogen-bond donors (Lipinski definition) is 1. The Morgan fingerprint density at radius 1 is 0.905 bits per heavy atom. The highest BCUT2D eigenvalue weighted by molar-refractivity contribution is 5.88. The summed E-state index contributed by atoms with van der Waals surface area (Å²) in [6, 6.07) is 17.5. The number of primary amides is 1. The summed E-state index contributed by atoms with van der Waals surface area (Å²) in [7, 11) is 0. The predicted octanol–water partition coefficient (Wildman–Crippen LogP) is 3.73. The molecule has 42 heavy (non-hydrogen) atoms. The molecule has 3 heterocycles. The average molecular weight is 571 g/mol. The molecule has 0 bridgehead atoms. The van der Waals surface area contributed by atoms with E-state index < -0.39 is 12.1 Å². The molecular formula is C33H42N6O3. The van der Waals surface area contributed by atoms with Gasteiger partial charge in [-0.2, -0.15) is 0 Å². The van der Waals surface area contributed by atoms with E-state index >= 15 is 0 Å². The number of fused-ring (bicyclic) bond motifs is 1. The summed E-state index contributed by atoms with van der Waals surface area (Å²) in [6.07, 6.45) is 3.79. The molecule has 9 nitrogen and oxygen atoms in total. The van der Waals surface area contributed by atoms with Crippen molar-refractivity contribution < 1.29 is 14.4 Å². The minimum absolute atomic E-state index is 0.0429. The van der Waals surface area contributed by atoms with Gasteiger partial charge in [0.1, 0.15) is 6.04 Å². The molecule has 222 valence electrons. The van der Waals surface area contributed by atoms with E-state index in [0.717, 1.165) is 22.5 Å². The van der Waals surface area contributed by atoms with Crippen molar-refractivity contribution in [2.45, 2.75) is 71.0 Å². The average Bonchev–Trinajstić information content (AvgIpc) is 3.19. The molecule has 1 saturated heterocycles. The van der Waals surface area contributed by atoms with Crippen molar-refractivity contribution in [3.8, 4) is 0 Å². The SMILES string of the molecule is CC(C)(C)c1ccc(Cn2cnc3c2CN(C(=O)CCc2ccccc2)C(C(=O)N2CCCN(C(N)=O)CC2)C3)cc1. The van der Waals surface area contributed by atoms with Gasteiger partial charge in [0.2, 0.25) is 11.8 Å². The fourth-order valence-corrected chi connectivity index (χ4v) is 5.90. The lowest BCUT2D eigenvalue weighted by Gasteiger charge is -2.37. The Kier molecular flexibility index (Phi) is 8.66. The Bertz CT molecular complexity index is 1410. The second-order valence-electron chi connectivity index (χ2n) is 12.4. The Labute approximate surface area is 248 Å². The lowest BCUT2D eigenvalue weighted by Crippen LogP contribution is -2.54. The highest BCUT2D eigenvalue weighted by Crippen LogP contribution is 2.27. The van der Waals surface area contributed by atoms with Gasteiger partial charge in [0.15, 0.2) is 0 Å². The van der Waals surface area contributed by atoms with Crippen LogP contribution < -0.4 is 5.73 Å². The summed E-state index contributed by atoms with van der Waals surface area (Å²) >= 11 is 0. The molecule has 2 aliphatic heterocycles. The van der Waals surface area contributed by atoms with Crippen LogP contribution in [0.2, 0.25) is 0 Å². The molecular weight excluding hydrogens is 528 g/mol. The number of aromatic nitrogens is 2. The van der Waals surface area contributed by atoms with Crippen LogP contribution in [0.25, 0.3) is 0 Å². The van der Waals surface area contributed by atoms with Crippen molar-refractivity contribution in [2.75, 3.05) is 26.2 Å². The Morgan fingerprint density at radius 3 is 2.29 bits per heavy atom. The molecule has 1 atom stereocenters. The molecule has 1 unspecified atom stereocenters. The van der Waals surface area contributed by atoms with E-state index in [0.29, 0.717) is 65.0 Å². The van der Waals surface area contributed by atoms with Crippen molar-refractivity contribution >= 4 is 17.8 Å². The lowest BCUT2D eigenvalue weighted by molar-refractivity contribution is -0.147. The molecule has 2 aromatic carbocycles. The van der Waals surface area contributed by atoms with Crippen molar-refractivity contribution in [3.05, 3.63) is 89.0 Å². The van der Waals surface area contributed by atoms with Gasteiger partial charge in [0.05, 0.1) is 24.3 Å². The van der Waals surface area contributed by atoms with Crippen LogP contribution in [0.4, 0.5) is 4.79 Å². The van der Waals surface area contributed by atoms with Gasteiger partial charge < -0.3 is 25.0 Å². The molecule has 9 heteroatoms. The number of benzene rings is 2. The van der Waals surface area contributed by atoms with Crippen LogP contribution in [0.3, 0.4) is 0 Å². The quantitative estimate of drug-likeness (QED) is 0.488. The molecule has 0 saturated carbocycles. The zero-order valence-corrected chi connectivity index (χ0v) is 25.0. The van der Waals surface area contributed by atoms with E-state index in [2.05, 4.69) is 49.6 Å². The maximum absolute atomic E-state index is 14.0. The van der Waals surface area contributed by atoms with Crippen LogP contribution in [-0.4, -0.2) is 74.3 Å². The molecule has 0 spiro atoms. The summed E-state index contributed by atoms with van der Waals surface area (Å²) in [5.41, 5.74) is 11.0. The van der Waals surface area contributed by atoms with Crippen molar-refractivity contribution in [3.63, 3.8) is 0 Å². The van der Waals surface area contributed by atoms with Gasteiger partial charge in [-0.15, -0.1) is 0 Å². The van der Waals surface area contributed by atoms with E-state index in [1.807, 2.05) is 36.7 Å². The molecule has 2 N–H and O–H groups in total. The lowest BCUT2D eigenvalue weighted by atomic mass is 9.87. The number of nitrogens with two attached hydrogens (primary N) is 1. The van der Waals surface area contributed by atoms with Crippen LogP contribution in [0.5, 0.6) is 0 Å². The second kappa shape index (κ2) is 12.4. The van der Waals surface area contributed by atoms with E-state index in [4.69, 9.17) is 10.7 Å². The first kappa shape index (κ1) is 29.4. The van der Waals surface area contributed by atoms with E-state index in [9.17, 15) is 14.4 Å². The number of rotatable bonds is 6. The van der Waals surface area contributed by atoms with Crippen LogP contribution in [-0.2, 0) is 40.9 Å². The number of amides is 4. The number of aryl methyl sites for hydroxylation is 1. The zero-order valence-electron chi connectivity index (χ0n) is 25.0. The Hall–Kier alpha value is -4.14. The number of urea groups is 1. The number of imidazole rings is 1. The van der Waals surface area contributed by atoms with Gasteiger partial charge in [0.25, 0.3) is 0 Å². The minimum Gasteiger partial charge on any atom is -0.351 e. The van der Waals surface area contributed by atoms with E-state index in [1.165, 1.54) is 5.56 Å². The first-order valence-corrected chi connectivity index (χ1v) is 14.9. The van der Waals surface area contributed by atoms with E-state index in [1.54, 1.807) is 14.7 Å². The fraction of sp³-hybridized carbons (Fsp3) is 0.455. The fourth-order valence-electron chi connectivity index (χ4n) is 5.90. The molecule has 1 fully saturated rings. The van der Waals surface area contributed by atoms with Crippen LogP contribution in [0.1, 0.15) is 61.7 Å². The molecule has 0 aliphatic carbocycles. The van der Waals surface area contributed by atoms with Crippen molar-refractivity contribution in [1.82, 2.24) is 24.3 Å². The van der Waals surface area contributed by atoms with Gasteiger partial charge in [-0.05, 0) is 34.9 Å². The Morgan fingerprint density at radius 2 is 1.60 bits per heavy atom. The molecule has 0 radical (unpaired) electrons. The molecule has 2 aliphatic rings. The summed E-state index contributed by atoms with van der Waals surface area (Å²) in [6.45, 7) is 9.43. The largest absolute Gasteiger partial charge is 0.351 e. The van der Waals surface area contributed by atoms with Crippen LogP contribution in [0, 0.1) is 0 Å². The van der Waals surface area contributed by atoms with Gasteiger partial charge in [0, 0.05) is 45.6 Å². The predicted molar refractivity (Wildman–Crippen MR) is 162 cm³/mol. The summed E-state index contributed by atoms with van der Waals surface area (Å²) < 4.78 is 2.11. The smallest absolute Gasteiger partial charge is 0.314 e. The first-order valence-electron chi connectivity index (χ1n) is 14.9. The maximum Gasteiger partial charge on any atom is 0.314 e. The summed E-state index contributed by atoms with van der Waals surface area (Å²) in [5.74, 6) is -0.133. The second-order valence-corrected chi connectivity index (χ2v) is 12.4. The van der Waals surface area contributed by atoms with Gasteiger partial charge in [-0.1, -0.05) is 75.4 Å². The normalized spacial score (nSPS) is 17.5. The number of carbonyl (C=O) groups is 3. The molecule has 1 aromatic heterocycles. The third kappa shape index (κ3) is 6.66. The van der Waals surface area contributed by atoms with Gasteiger partial charge in [-0.3, -0.25) is 9.59 Å².